The minimum atomic E-state index is -1.11. The van der Waals surface area contributed by atoms with Gasteiger partial charge in [-0.25, -0.2) is 14.8 Å². The van der Waals surface area contributed by atoms with Crippen LogP contribution in [0.15, 0.2) is 77.9 Å². The Morgan fingerprint density at radius 2 is 1.76 bits per heavy atom. The van der Waals surface area contributed by atoms with E-state index in [9.17, 15) is 24.6 Å². The normalized spacial score (nSPS) is 14.8. The SMILES string of the molecule is COc1nc(-c2cccc(-c3cccc(-c4ccn5c(=O)c(CNC[C@H](C)O)cnc5c4)c3Cl)c2Cl)ccc1CN(C[C@@H]1CCC(=O)N1)C(=O)O. The Labute approximate surface area is 303 Å². The number of amides is 2. The van der Waals surface area contributed by atoms with Crippen molar-refractivity contribution < 1.29 is 24.5 Å². The third-order valence-corrected chi connectivity index (χ3v) is 9.51. The van der Waals surface area contributed by atoms with Crippen molar-refractivity contribution in [1.82, 2.24) is 29.9 Å². The summed E-state index contributed by atoms with van der Waals surface area (Å²) in [5.74, 6) is 0.168. The number of benzene rings is 2. The highest BCUT2D eigenvalue weighted by Gasteiger charge is 2.26. The number of carbonyl (C=O) groups excluding carboxylic acids is 1. The highest BCUT2D eigenvalue weighted by atomic mass is 35.5. The molecule has 264 valence electrons. The van der Waals surface area contributed by atoms with Crippen LogP contribution in [0, 0.1) is 0 Å². The molecule has 6 rings (SSSR count). The number of pyridine rings is 2. The van der Waals surface area contributed by atoms with Gasteiger partial charge in [0.25, 0.3) is 5.56 Å². The summed E-state index contributed by atoms with van der Waals surface area (Å²) >= 11 is 14.1. The lowest BCUT2D eigenvalue weighted by Gasteiger charge is -2.23. The zero-order valence-corrected chi connectivity index (χ0v) is 29.4. The number of methoxy groups -OCH3 is 1. The molecule has 5 aromatic rings. The highest BCUT2D eigenvalue weighted by Crippen LogP contribution is 2.42. The maximum atomic E-state index is 13.1. The Morgan fingerprint density at radius 1 is 1.06 bits per heavy atom. The topological polar surface area (TPSA) is 158 Å². The van der Waals surface area contributed by atoms with Crippen LogP contribution in [0.4, 0.5) is 4.79 Å². The number of hydrogen-bond donors (Lipinski definition) is 4. The number of hydrogen-bond acceptors (Lipinski definition) is 8. The van der Waals surface area contributed by atoms with Crippen molar-refractivity contribution >= 4 is 40.8 Å². The smallest absolute Gasteiger partial charge is 0.407 e. The van der Waals surface area contributed by atoms with Gasteiger partial charge in [0.15, 0.2) is 0 Å². The third kappa shape index (κ3) is 7.84. The largest absolute Gasteiger partial charge is 0.481 e. The molecule has 14 heteroatoms. The standard InChI is InChI=1S/C37H36Cl2N6O6/c1-21(46)16-40-17-24-18-41-31-15-22(13-14-45(31)36(24)48)26-5-3-6-27(33(26)38)28-7-4-8-29(34(28)39)30-11-9-23(35(43-30)51-2)19-44(37(49)50)20-25-10-12-32(47)42-25/h3-9,11,13-15,18,21,25,40,46H,10,12,16-17,19-20H2,1-2H3,(H,42,47)(H,49,50)/t21-,25-/m0/s1. The van der Waals surface area contributed by atoms with Gasteiger partial charge in [-0.3, -0.25) is 14.0 Å². The lowest BCUT2D eigenvalue weighted by Crippen LogP contribution is -2.41. The van der Waals surface area contributed by atoms with Crippen LogP contribution in [0.1, 0.15) is 30.9 Å². The van der Waals surface area contributed by atoms with E-state index in [1.54, 1.807) is 37.4 Å². The number of fused-ring (bicyclic) bond motifs is 1. The summed E-state index contributed by atoms with van der Waals surface area (Å²) in [6.07, 6.45) is 2.51. The molecule has 0 saturated carbocycles. The van der Waals surface area contributed by atoms with Gasteiger partial charge in [-0.1, -0.05) is 59.6 Å². The van der Waals surface area contributed by atoms with Crippen LogP contribution in [-0.2, 0) is 17.9 Å². The fourth-order valence-corrected chi connectivity index (χ4v) is 6.79. The van der Waals surface area contributed by atoms with Gasteiger partial charge >= 0.3 is 6.09 Å². The molecule has 51 heavy (non-hydrogen) atoms. The molecule has 2 amide bonds. The Kier molecular flexibility index (Phi) is 10.9. The molecule has 0 spiro atoms. The Hall–Kier alpha value is -5.01. The van der Waals surface area contributed by atoms with Crippen LogP contribution in [0.25, 0.3) is 39.2 Å². The minimum Gasteiger partial charge on any atom is -0.481 e. The fraction of sp³-hybridized carbons (Fsp3) is 0.270. The molecule has 1 fully saturated rings. The van der Waals surface area contributed by atoms with Crippen molar-refractivity contribution in [2.24, 2.45) is 0 Å². The number of nitrogens with one attached hydrogen (secondary N) is 2. The van der Waals surface area contributed by atoms with Gasteiger partial charge < -0.3 is 30.5 Å². The molecule has 2 aromatic carbocycles. The second kappa shape index (κ2) is 15.5. The number of carbonyl (C=O) groups is 2. The number of nitrogens with zero attached hydrogens (tertiary/aromatic N) is 4. The Morgan fingerprint density at radius 3 is 2.43 bits per heavy atom. The van der Waals surface area contributed by atoms with Crippen LogP contribution in [0.5, 0.6) is 5.88 Å². The molecule has 1 aliphatic heterocycles. The first kappa shape index (κ1) is 35.8. The van der Waals surface area contributed by atoms with Gasteiger partial charge in [-0.2, -0.15) is 0 Å². The van der Waals surface area contributed by atoms with E-state index < -0.39 is 12.2 Å². The van der Waals surface area contributed by atoms with Gasteiger partial charge in [-0.15, -0.1) is 0 Å². The Balaban J connectivity index is 1.28. The van der Waals surface area contributed by atoms with E-state index in [2.05, 4.69) is 20.6 Å². The maximum absolute atomic E-state index is 13.1. The van der Waals surface area contributed by atoms with Gasteiger partial charge in [0, 0.05) is 77.9 Å². The molecule has 0 aliphatic carbocycles. The number of aliphatic hydroxyl groups is 1. The van der Waals surface area contributed by atoms with E-state index >= 15 is 0 Å². The number of ether oxygens (including phenoxy) is 1. The van der Waals surface area contributed by atoms with Gasteiger partial charge in [0.2, 0.25) is 11.8 Å². The predicted octanol–water partition coefficient (Wildman–Crippen LogP) is 5.63. The van der Waals surface area contributed by atoms with Crippen molar-refractivity contribution in [1.29, 1.82) is 0 Å². The van der Waals surface area contributed by atoms with E-state index in [1.165, 1.54) is 22.6 Å². The van der Waals surface area contributed by atoms with E-state index in [0.717, 1.165) is 11.1 Å². The van der Waals surface area contributed by atoms with Crippen LogP contribution in [0.2, 0.25) is 10.0 Å². The number of halogens is 2. The van der Waals surface area contributed by atoms with E-state index in [4.69, 9.17) is 27.9 Å². The van der Waals surface area contributed by atoms with E-state index in [1.807, 2.05) is 36.4 Å². The summed E-state index contributed by atoms with van der Waals surface area (Å²) in [4.78, 5) is 47.2. The summed E-state index contributed by atoms with van der Waals surface area (Å²) in [6, 6.07) is 18.1. The maximum Gasteiger partial charge on any atom is 0.407 e. The molecule has 4 heterocycles. The second-order valence-corrected chi connectivity index (χ2v) is 13.1. The lowest BCUT2D eigenvalue weighted by molar-refractivity contribution is -0.119. The van der Waals surface area contributed by atoms with Gasteiger partial charge in [0.05, 0.1) is 35.5 Å². The van der Waals surface area contributed by atoms with Gasteiger partial charge in [-0.05, 0) is 43.2 Å². The van der Waals surface area contributed by atoms with Crippen LogP contribution >= 0.6 is 23.2 Å². The zero-order valence-electron chi connectivity index (χ0n) is 27.9. The first-order valence-corrected chi connectivity index (χ1v) is 17.1. The average molecular weight is 732 g/mol. The molecular formula is C37H36Cl2N6O6. The first-order chi connectivity index (χ1) is 24.5. The number of aliphatic hydroxyl groups excluding tert-OH is 1. The average Bonchev–Trinajstić information content (AvgIpc) is 3.53. The quantitative estimate of drug-likeness (QED) is 0.128. The monoisotopic (exact) mass is 730 g/mol. The van der Waals surface area contributed by atoms with Gasteiger partial charge in [0.1, 0.15) is 5.65 Å². The predicted molar refractivity (Wildman–Crippen MR) is 195 cm³/mol. The fourth-order valence-electron chi connectivity index (χ4n) is 6.13. The molecular weight excluding hydrogens is 695 g/mol. The summed E-state index contributed by atoms with van der Waals surface area (Å²) in [7, 11) is 1.47. The van der Waals surface area contributed by atoms with Crippen molar-refractivity contribution in [2.75, 3.05) is 20.2 Å². The van der Waals surface area contributed by atoms with E-state index in [0.29, 0.717) is 68.6 Å². The first-order valence-electron chi connectivity index (χ1n) is 16.3. The van der Waals surface area contributed by atoms with Crippen LogP contribution in [0.3, 0.4) is 0 Å². The van der Waals surface area contributed by atoms with Crippen molar-refractivity contribution in [3.63, 3.8) is 0 Å². The zero-order chi connectivity index (χ0) is 36.2. The summed E-state index contributed by atoms with van der Waals surface area (Å²) in [5, 5.41) is 26.1. The van der Waals surface area contributed by atoms with Crippen LogP contribution in [-0.4, -0.2) is 73.8 Å². The van der Waals surface area contributed by atoms with E-state index in [-0.39, 0.29) is 43.0 Å². The van der Waals surface area contributed by atoms with Crippen LogP contribution < -0.4 is 20.9 Å². The lowest BCUT2D eigenvalue weighted by atomic mass is 9.97. The van der Waals surface area contributed by atoms with Crippen molar-refractivity contribution in [3.05, 3.63) is 105 Å². The third-order valence-electron chi connectivity index (χ3n) is 8.70. The molecule has 12 nitrogen and oxygen atoms in total. The molecule has 2 atom stereocenters. The highest BCUT2D eigenvalue weighted by molar-refractivity contribution is 6.39. The summed E-state index contributed by atoms with van der Waals surface area (Å²) in [6.45, 7) is 2.49. The second-order valence-electron chi connectivity index (χ2n) is 12.4. The molecule has 1 saturated heterocycles. The molecule has 0 bridgehead atoms. The summed E-state index contributed by atoms with van der Waals surface area (Å²) in [5.41, 5.74) is 5.28. The number of rotatable bonds is 12. The Bertz CT molecular complexity index is 2170. The molecule has 0 radical (unpaired) electrons. The molecule has 3 aromatic heterocycles. The summed E-state index contributed by atoms with van der Waals surface area (Å²) < 4.78 is 7.05. The van der Waals surface area contributed by atoms with Crippen molar-refractivity contribution in [3.8, 4) is 39.4 Å². The molecule has 0 unspecified atom stereocenters. The van der Waals surface area contributed by atoms with Crippen molar-refractivity contribution in [2.45, 2.75) is 45.0 Å². The molecule has 4 N–H and O–H groups in total. The minimum absolute atomic E-state index is 0.0234. The number of carboxylic acid groups (broad SMARTS) is 1. The number of aromatic nitrogens is 3. The molecule has 1 aliphatic rings.